The molecule has 1 atom stereocenters. The first kappa shape index (κ1) is 69.1. The van der Waals surface area contributed by atoms with Crippen molar-refractivity contribution in [2.45, 2.75) is 329 Å². The van der Waals surface area contributed by atoms with Crippen LogP contribution in [-0.4, -0.2) is 37.2 Å². The third-order valence-electron chi connectivity index (χ3n) is 13.8. The minimum Gasteiger partial charge on any atom is -0.462 e. The van der Waals surface area contributed by atoms with Crippen LogP contribution in [-0.2, 0) is 28.6 Å². The summed E-state index contributed by atoms with van der Waals surface area (Å²) >= 11 is 0. The van der Waals surface area contributed by atoms with Gasteiger partial charge in [0.1, 0.15) is 13.2 Å². The molecule has 0 aromatic rings. The summed E-state index contributed by atoms with van der Waals surface area (Å²) in [7, 11) is 0. The Bertz CT molecular complexity index is 1290. The van der Waals surface area contributed by atoms with Gasteiger partial charge in [0.05, 0.1) is 0 Å². The van der Waals surface area contributed by atoms with Crippen LogP contribution < -0.4 is 0 Å². The van der Waals surface area contributed by atoms with Gasteiger partial charge in [0.15, 0.2) is 6.10 Å². The highest BCUT2D eigenvalue weighted by atomic mass is 16.6. The molecule has 0 aliphatic heterocycles. The molecule has 72 heavy (non-hydrogen) atoms. The Morgan fingerprint density at radius 2 is 0.542 bits per heavy atom. The third-order valence-corrected chi connectivity index (χ3v) is 13.8. The maximum absolute atomic E-state index is 12.8. The summed E-state index contributed by atoms with van der Waals surface area (Å²) < 4.78 is 16.9. The second-order valence-electron chi connectivity index (χ2n) is 21.0. The SMILES string of the molecule is CC/C=C\C/C=C\C/C=C\C/C=C\C/C=C\CCCCCCCCCCCCCCCCCC(=O)OCC(COC(=O)CCCCCCCCCCCCC)OC(=O)CCCCCCCCCCCCCC. The molecule has 0 rings (SSSR count). The molecule has 0 amide bonds. The molecule has 0 radical (unpaired) electrons. The van der Waals surface area contributed by atoms with Gasteiger partial charge in [-0.25, -0.2) is 0 Å². The van der Waals surface area contributed by atoms with Crippen molar-refractivity contribution in [2.75, 3.05) is 13.2 Å². The average molecular weight is 1010 g/mol. The molecule has 6 heteroatoms. The van der Waals surface area contributed by atoms with E-state index in [0.29, 0.717) is 19.3 Å². The predicted octanol–water partition coefficient (Wildman–Crippen LogP) is 21.2. The van der Waals surface area contributed by atoms with E-state index in [4.69, 9.17) is 14.2 Å². The van der Waals surface area contributed by atoms with E-state index in [1.165, 1.54) is 193 Å². The van der Waals surface area contributed by atoms with E-state index in [2.05, 4.69) is 81.5 Å². The van der Waals surface area contributed by atoms with Crippen molar-refractivity contribution in [2.24, 2.45) is 0 Å². The summed E-state index contributed by atoms with van der Waals surface area (Å²) in [5, 5.41) is 0. The van der Waals surface area contributed by atoms with Crippen molar-refractivity contribution in [1.82, 2.24) is 0 Å². The molecule has 0 aromatic carbocycles. The first-order valence-electron chi connectivity index (χ1n) is 31.3. The molecule has 0 spiro atoms. The Morgan fingerprint density at radius 3 is 0.847 bits per heavy atom. The lowest BCUT2D eigenvalue weighted by Gasteiger charge is -2.18. The van der Waals surface area contributed by atoms with Gasteiger partial charge in [-0.15, -0.1) is 0 Å². The van der Waals surface area contributed by atoms with Crippen molar-refractivity contribution in [1.29, 1.82) is 0 Å². The van der Waals surface area contributed by atoms with Gasteiger partial charge in [-0.1, -0.05) is 300 Å². The number of carbonyl (C=O) groups excluding carboxylic acids is 3. The monoisotopic (exact) mass is 1010 g/mol. The van der Waals surface area contributed by atoms with Crippen LogP contribution in [0.25, 0.3) is 0 Å². The zero-order valence-corrected chi connectivity index (χ0v) is 47.9. The standard InChI is InChI=1S/C66H118O6/c1-4-7-10-13-16-19-22-24-25-26-27-28-29-30-31-32-33-34-35-36-37-38-39-40-41-42-45-47-50-53-56-59-65(68)71-62-63(61-70-64(67)58-55-52-49-46-43-21-18-15-12-9-6-3)72-66(69)60-57-54-51-48-44-23-20-17-14-11-8-5-2/h7,10,16,19,24-25,27-28,30-31,63H,4-6,8-9,11-15,17-18,20-23,26,29,32-62H2,1-3H3/b10-7-,19-16-,25-24-,28-27-,31-30-. The number of ether oxygens (including phenoxy) is 3. The van der Waals surface area contributed by atoms with Gasteiger partial charge < -0.3 is 14.2 Å². The van der Waals surface area contributed by atoms with Crippen LogP contribution >= 0.6 is 0 Å². The molecule has 0 saturated carbocycles. The van der Waals surface area contributed by atoms with Crippen molar-refractivity contribution in [3.8, 4) is 0 Å². The van der Waals surface area contributed by atoms with E-state index < -0.39 is 6.10 Å². The number of hydrogen-bond acceptors (Lipinski definition) is 6. The molecule has 0 fully saturated rings. The molecule has 0 heterocycles. The molecule has 0 saturated heterocycles. The lowest BCUT2D eigenvalue weighted by Crippen LogP contribution is -2.30. The summed E-state index contributed by atoms with van der Waals surface area (Å²) in [6.45, 7) is 6.55. The Balaban J connectivity index is 4.09. The highest BCUT2D eigenvalue weighted by molar-refractivity contribution is 5.71. The minimum absolute atomic E-state index is 0.0677. The van der Waals surface area contributed by atoms with E-state index >= 15 is 0 Å². The second-order valence-corrected chi connectivity index (χ2v) is 21.0. The first-order valence-corrected chi connectivity index (χ1v) is 31.3. The van der Waals surface area contributed by atoms with Crippen molar-refractivity contribution >= 4 is 17.9 Å². The number of carbonyl (C=O) groups is 3. The van der Waals surface area contributed by atoms with Crippen LogP contribution in [0.5, 0.6) is 0 Å². The normalized spacial score (nSPS) is 12.4. The summed E-state index contributed by atoms with van der Waals surface area (Å²) in [4.78, 5) is 38.1. The number of hydrogen-bond donors (Lipinski definition) is 0. The smallest absolute Gasteiger partial charge is 0.306 e. The van der Waals surface area contributed by atoms with Gasteiger partial charge in [0.2, 0.25) is 0 Å². The fraction of sp³-hybridized carbons (Fsp3) is 0.803. The third kappa shape index (κ3) is 58.0. The molecule has 418 valence electrons. The van der Waals surface area contributed by atoms with Crippen LogP contribution in [0.1, 0.15) is 323 Å². The Morgan fingerprint density at radius 1 is 0.292 bits per heavy atom. The summed E-state index contributed by atoms with van der Waals surface area (Å²) in [5.74, 6) is -0.852. The van der Waals surface area contributed by atoms with Crippen LogP contribution in [0.2, 0.25) is 0 Å². The molecule has 0 aliphatic carbocycles. The van der Waals surface area contributed by atoms with E-state index in [1.54, 1.807) is 0 Å². The van der Waals surface area contributed by atoms with Crippen molar-refractivity contribution < 1.29 is 28.6 Å². The van der Waals surface area contributed by atoms with Gasteiger partial charge in [-0.2, -0.15) is 0 Å². The Kier molecular flexibility index (Phi) is 58.2. The van der Waals surface area contributed by atoms with Crippen molar-refractivity contribution in [3.05, 3.63) is 60.8 Å². The van der Waals surface area contributed by atoms with E-state index in [-0.39, 0.29) is 31.1 Å². The highest BCUT2D eigenvalue weighted by Gasteiger charge is 2.19. The topological polar surface area (TPSA) is 78.9 Å². The zero-order valence-electron chi connectivity index (χ0n) is 47.9. The highest BCUT2D eigenvalue weighted by Crippen LogP contribution is 2.17. The van der Waals surface area contributed by atoms with E-state index in [0.717, 1.165) is 89.9 Å². The summed E-state index contributed by atoms with van der Waals surface area (Å²) in [6.07, 6.45) is 76.7. The molecule has 0 aliphatic rings. The number of allylic oxidation sites excluding steroid dienone is 10. The molecule has 1 unspecified atom stereocenters. The van der Waals surface area contributed by atoms with Crippen LogP contribution in [0.15, 0.2) is 60.8 Å². The van der Waals surface area contributed by atoms with Gasteiger partial charge >= 0.3 is 17.9 Å². The molecule has 0 aromatic heterocycles. The molecule has 6 nitrogen and oxygen atoms in total. The molecular formula is C66H118O6. The first-order chi connectivity index (χ1) is 35.5. The second kappa shape index (κ2) is 60.7. The number of unbranched alkanes of at least 4 members (excludes halogenated alkanes) is 36. The average Bonchev–Trinajstić information content (AvgIpc) is 3.38. The Hall–Kier alpha value is -2.89. The lowest BCUT2D eigenvalue weighted by atomic mass is 10.0. The summed E-state index contributed by atoms with van der Waals surface area (Å²) in [6, 6.07) is 0. The van der Waals surface area contributed by atoms with Crippen LogP contribution in [0.4, 0.5) is 0 Å². The van der Waals surface area contributed by atoms with Gasteiger partial charge in [0.25, 0.3) is 0 Å². The molecule has 0 N–H and O–H groups in total. The fourth-order valence-electron chi connectivity index (χ4n) is 9.12. The fourth-order valence-corrected chi connectivity index (χ4v) is 9.12. The van der Waals surface area contributed by atoms with Crippen LogP contribution in [0, 0.1) is 0 Å². The van der Waals surface area contributed by atoms with E-state index in [1.807, 2.05) is 0 Å². The largest absolute Gasteiger partial charge is 0.462 e. The lowest BCUT2D eigenvalue weighted by molar-refractivity contribution is -0.167. The van der Waals surface area contributed by atoms with E-state index in [9.17, 15) is 14.4 Å². The quantitative estimate of drug-likeness (QED) is 0.0261. The number of rotatable bonds is 57. The summed E-state index contributed by atoms with van der Waals surface area (Å²) in [5.41, 5.74) is 0. The maximum atomic E-state index is 12.8. The molecular weight excluding hydrogens is 889 g/mol. The van der Waals surface area contributed by atoms with Crippen molar-refractivity contribution in [3.63, 3.8) is 0 Å². The van der Waals surface area contributed by atoms with Gasteiger partial charge in [-0.05, 0) is 64.2 Å². The zero-order chi connectivity index (χ0) is 52.2. The van der Waals surface area contributed by atoms with Gasteiger partial charge in [0, 0.05) is 19.3 Å². The van der Waals surface area contributed by atoms with Gasteiger partial charge in [-0.3, -0.25) is 14.4 Å². The maximum Gasteiger partial charge on any atom is 0.306 e. The minimum atomic E-state index is -0.767. The molecule has 0 bridgehead atoms. The number of esters is 3. The Labute approximate surface area is 447 Å². The predicted molar refractivity (Wildman–Crippen MR) is 312 cm³/mol. The van der Waals surface area contributed by atoms with Crippen LogP contribution in [0.3, 0.4) is 0 Å².